The summed E-state index contributed by atoms with van der Waals surface area (Å²) in [6.07, 6.45) is -2.05. The molecule has 0 bridgehead atoms. The number of aliphatic hydroxyl groups excluding tert-OH is 2. The maximum Gasteiger partial charge on any atom is 0.338 e. The zero-order valence-corrected chi connectivity index (χ0v) is 25.0. The lowest BCUT2D eigenvalue weighted by Crippen LogP contribution is -2.25. The lowest BCUT2D eigenvalue weighted by molar-refractivity contribution is 0.0127. The third-order valence-electron chi connectivity index (χ3n) is 7.06. The third-order valence-corrected chi connectivity index (χ3v) is 7.06. The summed E-state index contributed by atoms with van der Waals surface area (Å²) < 4.78 is 21.5. The number of hydrogen-bond acceptors (Lipinski definition) is 10. The summed E-state index contributed by atoms with van der Waals surface area (Å²) in [5, 5.41) is 39.0. The number of carbonyl (C=O) groups excluding carboxylic acids is 2. The highest BCUT2D eigenvalue weighted by atomic mass is 16.6. The van der Waals surface area contributed by atoms with Gasteiger partial charge in [-0.25, -0.2) is 9.59 Å². The highest BCUT2D eigenvalue weighted by Crippen LogP contribution is 2.33. The number of esters is 2. The summed E-state index contributed by atoms with van der Waals surface area (Å²) in [7, 11) is 0. The standard InChI is InChI=1S/C35H36O10/c1-35(2,25-7-15-31(16-8-25)42-19-29(38)21-44-33(40)23-3-11-27(36)12-4-23)26-9-17-32(18-10-26)43-20-30(39)22-45-34(41)24-5-13-28(37)14-6-24/h3-18,29-30,36-39H,19-22H2,1-2H3. The number of hydrogen-bond donors (Lipinski definition) is 4. The van der Waals surface area contributed by atoms with Crippen molar-refractivity contribution in [1.82, 2.24) is 0 Å². The van der Waals surface area contributed by atoms with Gasteiger partial charge >= 0.3 is 11.9 Å². The first-order chi connectivity index (χ1) is 21.5. The molecule has 4 N–H and O–H groups in total. The van der Waals surface area contributed by atoms with Gasteiger partial charge in [-0.3, -0.25) is 0 Å². The summed E-state index contributed by atoms with van der Waals surface area (Å²) in [6.45, 7) is 3.55. The number of benzene rings is 4. The van der Waals surface area contributed by atoms with Gasteiger partial charge in [0.1, 0.15) is 61.6 Å². The van der Waals surface area contributed by atoms with E-state index in [1.807, 2.05) is 24.3 Å². The van der Waals surface area contributed by atoms with E-state index in [4.69, 9.17) is 18.9 Å². The Morgan fingerprint density at radius 3 is 1.22 bits per heavy atom. The van der Waals surface area contributed by atoms with Crippen LogP contribution in [0.15, 0.2) is 97.1 Å². The monoisotopic (exact) mass is 616 g/mol. The molecule has 0 fully saturated rings. The van der Waals surface area contributed by atoms with E-state index < -0.39 is 24.1 Å². The van der Waals surface area contributed by atoms with E-state index in [2.05, 4.69) is 13.8 Å². The molecule has 0 aliphatic heterocycles. The molecule has 0 aliphatic rings. The maximum atomic E-state index is 12.1. The molecule has 10 nitrogen and oxygen atoms in total. The number of ether oxygens (including phenoxy) is 4. The highest BCUT2D eigenvalue weighted by Gasteiger charge is 2.23. The molecule has 0 amide bonds. The fraction of sp³-hybridized carbons (Fsp3) is 0.257. The normalized spacial score (nSPS) is 12.5. The van der Waals surface area contributed by atoms with Crippen LogP contribution in [0.5, 0.6) is 23.0 Å². The summed E-state index contributed by atoms with van der Waals surface area (Å²) in [6, 6.07) is 26.2. The minimum atomic E-state index is -1.02. The van der Waals surface area contributed by atoms with E-state index in [1.54, 1.807) is 24.3 Å². The lowest BCUT2D eigenvalue weighted by Gasteiger charge is -2.26. The Labute approximate surface area is 261 Å². The molecule has 10 heteroatoms. The van der Waals surface area contributed by atoms with Crippen molar-refractivity contribution in [3.63, 3.8) is 0 Å². The minimum Gasteiger partial charge on any atom is -0.508 e. The molecule has 4 aromatic carbocycles. The molecule has 0 aliphatic carbocycles. The molecule has 45 heavy (non-hydrogen) atoms. The largest absolute Gasteiger partial charge is 0.508 e. The van der Waals surface area contributed by atoms with Crippen molar-refractivity contribution < 1.29 is 49.0 Å². The zero-order chi connectivity index (χ0) is 32.4. The summed E-state index contributed by atoms with van der Waals surface area (Å²) in [4.78, 5) is 24.1. The maximum absolute atomic E-state index is 12.1. The predicted octanol–water partition coefficient (Wildman–Crippen LogP) is 4.62. The van der Waals surface area contributed by atoms with Crippen LogP contribution < -0.4 is 9.47 Å². The average molecular weight is 617 g/mol. The van der Waals surface area contributed by atoms with Crippen LogP contribution in [0, 0.1) is 0 Å². The zero-order valence-electron chi connectivity index (χ0n) is 25.0. The van der Waals surface area contributed by atoms with E-state index in [9.17, 15) is 30.0 Å². The van der Waals surface area contributed by atoms with Crippen molar-refractivity contribution in [3.8, 4) is 23.0 Å². The van der Waals surface area contributed by atoms with Crippen LogP contribution in [0.3, 0.4) is 0 Å². The van der Waals surface area contributed by atoms with E-state index in [0.29, 0.717) is 11.5 Å². The quantitative estimate of drug-likeness (QED) is 0.148. The van der Waals surface area contributed by atoms with Crippen molar-refractivity contribution in [2.75, 3.05) is 26.4 Å². The van der Waals surface area contributed by atoms with E-state index in [1.165, 1.54) is 48.5 Å². The van der Waals surface area contributed by atoms with Gasteiger partial charge in [0.05, 0.1) is 11.1 Å². The van der Waals surface area contributed by atoms with Gasteiger partial charge in [-0.1, -0.05) is 38.1 Å². The summed E-state index contributed by atoms with van der Waals surface area (Å²) in [5.41, 5.74) is 2.22. The predicted molar refractivity (Wildman–Crippen MR) is 165 cm³/mol. The molecule has 236 valence electrons. The number of aliphatic hydroxyl groups is 2. The van der Waals surface area contributed by atoms with Crippen LogP contribution in [-0.2, 0) is 14.9 Å². The number of rotatable bonds is 14. The van der Waals surface area contributed by atoms with Crippen LogP contribution in [0.1, 0.15) is 45.7 Å². The minimum absolute atomic E-state index is 0.0396. The van der Waals surface area contributed by atoms with Crippen molar-refractivity contribution in [2.24, 2.45) is 0 Å². The molecule has 0 saturated heterocycles. The molecule has 0 heterocycles. The number of phenols is 2. The molecule has 0 saturated carbocycles. The topological polar surface area (TPSA) is 152 Å². The van der Waals surface area contributed by atoms with Crippen LogP contribution in [0.25, 0.3) is 0 Å². The summed E-state index contributed by atoms with van der Waals surface area (Å²) >= 11 is 0. The first-order valence-corrected chi connectivity index (χ1v) is 14.3. The second kappa shape index (κ2) is 15.1. The molecule has 2 atom stereocenters. The molecule has 4 aromatic rings. The second-order valence-corrected chi connectivity index (χ2v) is 10.9. The van der Waals surface area contributed by atoms with E-state index >= 15 is 0 Å². The fourth-order valence-corrected chi connectivity index (χ4v) is 4.29. The Morgan fingerprint density at radius 1 is 0.556 bits per heavy atom. The highest BCUT2D eigenvalue weighted by molar-refractivity contribution is 5.90. The molecule has 0 aromatic heterocycles. The number of carbonyl (C=O) groups is 2. The van der Waals surface area contributed by atoms with Crippen molar-refractivity contribution in [1.29, 1.82) is 0 Å². The van der Waals surface area contributed by atoms with Crippen LogP contribution in [0.4, 0.5) is 0 Å². The summed E-state index contributed by atoms with van der Waals surface area (Å²) in [5.74, 6) is -0.0359. The Kier molecular flexibility index (Phi) is 11.0. The Bertz CT molecular complexity index is 1410. The molecule has 0 radical (unpaired) electrons. The molecular weight excluding hydrogens is 580 g/mol. The van der Waals surface area contributed by atoms with Gasteiger partial charge in [0.25, 0.3) is 0 Å². The van der Waals surface area contributed by atoms with Gasteiger partial charge in [-0.2, -0.15) is 0 Å². The molecule has 4 rings (SSSR count). The smallest absolute Gasteiger partial charge is 0.338 e. The van der Waals surface area contributed by atoms with Gasteiger partial charge in [-0.15, -0.1) is 0 Å². The number of aromatic hydroxyl groups is 2. The molecule has 0 spiro atoms. The SMILES string of the molecule is CC(C)(c1ccc(OCC(O)COC(=O)c2ccc(O)cc2)cc1)c1ccc(OCC(O)COC(=O)c2ccc(O)cc2)cc1. The van der Waals surface area contributed by atoms with Gasteiger partial charge in [-0.05, 0) is 83.9 Å². The lowest BCUT2D eigenvalue weighted by atomic mass is 9.78. The van der Waals surface area contributed by atoms with Gasteiger partial charge in [0.2, 0.25) is 0 Å². The first kappa shape index (κ1) is 32.8. The third kappa shape index (κ3) is 9.46. The van der Waals surface area contributed by atoms with Crippen LogP contribution in [-0.4, -0.2) is 71.0 Å². The van der Waals surface area contributed by atoms with Crippen molar-refractivity contribution >= 4 is 11.9 Å². The van der Waals surface area contributed by atoms with Gasteiger partial charge < -0.3 is 39.4 Å². The van der Waals surface area contributed by atoms with Gasteiger partial charge in [0, 0.05) is 5.41 Å². The fourth-order valence-electron chi connectivity index (χ4n) is 4.29. The van der Waals surface area contributed by atoms with E-state index in [0.717, 1.165) is 11.1 Å². The van der Waals surface area contributed by atoms with Gasteiger partial charge in [0.15, 0.2) is 0 Å². The first-order valence-electron chi connectivity index (χ1n) is 14.3. The van der Waals surface area contributed by atoms with Crippen LogP contribution in [0.2, 0.25) is 0 Å². The van der Waals surface area contributed by atoms with Crippen LogP contribution >= 0.6 is 0 Å². The molecule has 2 unspecified atom stereocenters. The average Bonchev–Trinajstić information content (AvgIpc) is 3.05. The van der Waals surface area contributed by atoms with Crippen molar-refractivity contribution in [2.45, 2.75) is 31.5 Å². The Morgan fingerprint density at radius 2 is 0.889 bits per heavy atom. The molecular formula is C35H36O10. The Hall–Kier alpha value is -5.06. The number of phenolic OH excluding ortho intramolecular Hbond substituents is 2. The second-order valence-electron chi connectivity index (χ2n) is 10.9. The Balaban J connectivity index is 1.21. The van der Waals surface area contributed by atoms with E-state index in [-0.39, 0.29) is 54.5 Å². The van der Waals surface area contributed by atoms with Crippen molar-refractivity contribution in [3.05, 3.63) is 119 Å².